The van der Waals surface area contributed by atoms with Crippen LogP contribution in [-0.2, 0) is 9.59 Å². The molecule has 2 aliphatic rings. The fourth-order valence-corrected chi connectivity index (χ4v) is 4.28. The van der Waals surface area contributed by atoms with Crippen molar-refractivity contribution in [3.8, 4) is 5.75 Å². The summed E-state index contributed by atoms with van der Waals surface area (Å²) in [5, 5.41) is 3.28. The molecule has 0 aliphatic carbocycles. The Kier molecular flexibility index (Phi) is 5.81. The fraction of sp³-hybridized carbons (Fsp3) is 0.391. The van der Waals surface area contributed by atoms with Gasteiger partial charge in [0.25, 0.3) is 0 Å². The second kappa shape index (κ2) is 8.66. The van der Waals surface area contributed by atoms with E-state index in [1.165, 1.54) is 0 Å². The predicted octanol–water partition coefficient (Wildman–Crippen LogP) is 2.61. The van der Waals surface area contributed by atoms with Crippen LogP contribution in [0.15, 0.2) is 54.6 Å². The quantitative estimate of drug-likeness (QED) is 0.848. The van der Waals surface area contributed by atoms with Gasteiger partial charge in [0.15, 0.2) is 0 Å². The zero-order valence-electron chi connectivity index (χ0n) is 16.7. The summed E-state index contributed by atoms with van der Waals surface area (Å²) in [5.74, 6) is 0.455. The molecule has 4 rings (SSSR count). The summed E-state index contributed by atoms with van der Waals surface area (Å²) in [6.45, 7) is 5.51. The lowest BCUT2D eigenvalue weighted by molar-refractivity contribution is -0.137. The number of para-hydroxylation sites is 1. The average molecular weight is 393 g/mol. The largest absolute Gasteiger partial charge is 0.494 e. The number of nitrogens with one attached hydrogen (secondary N) is 1. The van der Waals surface area contributed by atoms with E-state index >= 15 is 0 Å². The number of hydrogen-bond donors (Lipinski definition) is 1. The van der Waals surface area contributed by atoms with Gasteiger partial charge in [-0.05, 0) is 36.8 Å². The highest BCUT2D eigenvalue weighted by atomic mass is 16.5. The topological polar surface area (TPSA) is 61.9 Å². The molecule has 2 heterocycles. The summed E-state index contributed by atoms with van der Waals surface area (Å²) in [6, 6.07) is 17.1. The normalized spacial score (nSPS) is 22.0. The Labute approximate surface area is 171 Å². The molecule has 2 aromatic carbocycles. The molecule has 2 saturated heterocycles. The maximum Gasteiger partial charge on any atom is 0.228 e. The van der Waals surface area contributed by atoms with Crippen molar-refractivity contribution in [3.63, 3.8) is 0 Å². The highest BCUT2D eigenvalue weighted by molar-refractivity contribution is 6.01. The Bertz CT molecular complexity index is 847. The smallest absolute Gasteiger partial charge is 0.228 e. The van der Waals surface area contributed by atoms with Crippen molar-refractivity contribution < 1.29 is 14.3 Å². The van der Waals surface area contributed by atoms with Crippen LogP contribution in [0.4, 0.5) is 5.69 Å². The second-order valence-electron chi connectivity index (χ2n) is 7.43. The molecular weight excluding hydrogens is 366 g/mol. The number of nitrogens with zero attached hydrogens (tertiary/aromatic N) is 2. The molecule has 29 heavy (non-hydrogen) atoms. The number of benzene rings is 2. The van der Waals surface area contributed by atoms with Gasteiger partial charge in [-0.2, -0.15) is 0 Å². The third-order valence-corrected chi connectivity index (χ3v) is 5.64. The van der Waals surface area contributed by atoms with E-state index in [4.69, 9.17) is 4.74 Å². The number of piperazine rings is 1. The molecule has 2 fully saturated rings. The molecule has 6 heteroatoms. The molecular formula is C23H27N3O3. The molecule has 0 spiro atoms. The lowest BCUT2D eigenvalue weighted by atomic mass is 9.91. The molecule has 0 aromatic heterocycles. The second-order valence-corrected chi connectivity index (χ2v) is 7.43. The summed E-state index contributed by atoms with van der Waals surface area (Å²) in [7, 11) is 0. The monoisotopic (exact) mass is 393 g/mol. The zero-order valence-corrected chi connectivity index (χ0v) is 16.7. The van der Waals surface area contributed by atoms with Crippen molar-refractivity contribution in [2.75, 3.05) is 37.7 Å². The van der Waals surface area contributed by atoms with E-state index in [1.807, 2.05) is 66.4 Å². The number of hydrogen-bond acceptors (Lipinski definition) is 4. The summed E-state index contributed by atoms with van der Waals surface area (Å²) in [5.41, 5.74) is 1.78. The Hall–Kier alpha value is -2.86. The lowest BCUT2D eigenvalue weighted by Gasteiger charge is -2.33. The molecule has 2 aliphatic heterocycles. The molecule has 0 radical (unpaired) electrons. The van der Waals surface area contributed by atoms with E-state index in [0.717, 1.165) is 30.1 Å². The van der Waals surface area contributed by atoms with Gasteiger partial charge in [0.1, 0.15) is 5.75 Å². The van der Waals surface area contributed by atoms with Crippen molar-refractivity contribution in [2.45, 2.75) is 19.4 Å². The number of carbonyl (C=O) groups excluding carboxylic acids is 2. The van der Waals surface area contributed by atoms with Gasteiger partial charge < -0.3 is 19.9 Å². The summed E-state index contributed by atoms with van der Waals surface area (Å²) in [6.07, 6.45) is 0.232. The van der Waals surface area contributed by atoms with Crippen LogP contribution >= 0.6 is 0 Å². The molecule has 2 atom stereocenters. The van der Waals surface area contributed by atoms with Crippen LogP contribution in [-0.4, -0.2) is 49.5 Å². The van der Waals surface area contributed by atoms with Gasteiger partial charge in [-0.3, -0.25) is 9.59 Å². The molecule has 152 valence electrons. The highest BCUT2D eigenvalue weighted by Crippen LogP contribution is 2.42. The molecule has 6 nitrogen and oxygen atoms in total. The van der Waals surface area contributed by atoms with Crippen LogP contribution in [0.3, 0.4) is 0 Å². The Morgan fingerprint density at radius 1 is 1.07 bits per heavy atom. The first-order valence-corrected chi connectivity index (χ1v) is 10.3. The number of rotatable bonds is 5. The first kappa shape index (κ1) is 19.5. The number of anilines is 1. The van der Waals surface area contributed by atoms with Gasteiger partial charge in [-0.15, -0.1) is 0 Å². The third-order valence-electron chi connectivity index (χ3n) is 5.64. The maximum atomic E-state index is 13.4. The molecule has 1 N–H and O–H groups in total. The standard InChI is InChI=1S/C23H27N3O3/c1-2-29-19-10-8-17(9-11-19)22-20(23(28)25-14-12-24-13-15-25)16-21(27)26(22)18-6-4-3-5-7-18/h3-11,20,22,24H,2,12-16H2,1H3/t20-,22-/m1/s1. The van der Waals surface area contributed by atoms with E-state index in [0.29, 0.717) is 19.7 Å². The SMILES string of the molecule is CCOc1ccc([C@@H]2[C@H](C(=O)N3CCNCC3)CC(=O)N2c2ccccc2)cc1. The molecule has 0 saturated carbocycles. The Morgan fingerprint density at radius 3 is 2.41 bits per heavy atom. The van der Waals surface area contributed by atoms with Gasteiger partial charge in [-0.25, -0.2) is 0 Å². The molecule has 2 aromatic rings. The van der Waals surface area contributed by atoms with Gasteiger partial charge in [0.2, 0.25) is 11.8 Å². The van der Waals surface area contributed by atoms with E-state index in [9.17, 15) is 9.59 Å². The molecule has 0 unspecified atom stereocenters. The first-order valence-electron chi connectivity index (χ1n) is 10.3. The van der Waals surface area contributed by atoms with Crippen molar-refractivity contribution in [3.05, 3.63) is 60.2 Å². The van der Waals surface area contributed by atoms with E-state index < -0.39 is 5.92 Å². The maximum absolute atomic E-state index is 13.4. The van der Waals surface area contributed by atoms with Crippen LogP contribution in [0.2, 0.25) is 0 Å². The highest BCUT2D eigenvalue weighted by Gasteiger charge is 2.46. The minimum absolute atomic E-state index is 0.0106. The predicted molar refractivity (Wildman–Crippen MR) is 112 cm³/mol. The van der Waals surface area contributed by atoms with Gasteiger partial charge in [0.05, 0.1) is 18.6 Å². The number of carbonyl (C=O) groups is 2. The van der Waals surface area contributed by atoms with E-state index in [2.05, 4.69) is 5.32 Å². The van der Waals surface area contributed by atoms with Gasteiger partial charge in [0, 0.05) is 38.3 Å². The molecule has 0 bridgehead atoms. The van der Waals surface area contributed by atoms with Crippen LogP contribution in [0.5, 0.6) is 5.75 Å². The minimum atomic E-state index is -0.390. The fourth-order valence-electron chi connectivity index (χ4n) is 4.28. The zero-order chi connectivity index (χ0) is 20.2. The lowest BCUT2D eigenvalue weighted by Crippen LogP contribution is -2.49. The van der Waals surface area contributed by atoms with Crippen molar-refractivity contribution in [1.29, 1.82) is 0 Å². The van der Waals surface area contributed by atoms with E-state index in [1.54, 1.807) is 4.90 Å². The van der Waals surface area contributed by atoms with Gasteiger partial charge >= 0.3 is 0 Å². The minimum Gasteiger partial charge on any atom is -0.494 e. The summed E-state index contributed by atoms with van der Waals surface area (Å²) < 4.78 is 5.56. The third kappa shape index (κ3) is 3.98. The van der Waals surface area contributed by atoms with Crippen molar-refractivity contribution in [1.82, 2.24) is 10.2 Å². The number of amides is 2. The summed E-state index contributed by atoms with van der Waals surface area (Å²) >= 11 is 0. The Morgan fingerprint density at radius 2 is 1.76 bits per heavy atom. The van der Waals surface area contributed by atoms with Crippen molar-refractivity contribution >= 4 is 17.5 Å². The van der Waals surface area contributed by atoms with Gasteiger partial charge in [-0.1, -0.05) is 30.3 Å². The molecule has 2 amide bonds. The van der Waals surface area contributed by atoms with Crippen molar-refractivity contribution in [2.24, 2.45) is 5.92 Å². The van der Waals surface area contributed by atoms with E-state index in [-0.39, 0.29) is 24.3 Å². The van der Waals surface area contributed by atoms with Crippen LogP contribution < -0.4 is 15.0 Å². The first-order chi connectivity index (χ1) is 14.2. The van der Waals surface area contributed by atoms with Crippen LogP contribution in [0.25, 0.3) is 0 Å². The van der Waals surface area contributed by atoms with Crippen LogP contribution in [0, 0.1) is 5.92 Å². The average Bonchev–Trinajstić information content (AvgIpc) is 3.12. The Balaban J connectivity index is 1.69. The number of ether oxygens (including phenoxy) is 1. The van der Waals surface area contributed by atoms with Crippen LogP contribution in [0.1, 0.15) is 24.9 Å². The summed E-state index contributed by atoms with van der Waals surface area (Å²) in [4.78, 5) is 30.1.